The predicted octanol–water partition coefficient (Wildman–Crippen LogP) is 3.06. The average Bonchev–Trinajstić information content (AvgIpc) is 2.30. The van der Waals surface area contributed by atoms with Crippen LogP contribution in [0, 0.1) is 6.90 Å². The molecule has 13 heavy (non-hydrogen) atoms. The molecule has 1 heteroatoms. The number of pyridine rings is 1. The molecule has 0 atom stereocenters. The van der Waals surface area contributed by atoms with Crippen LogP contribution in [-0.4, -0.2) is 4.98 Å². The standard InChI is InChI=1S/C12H11N/c1-10-6-2-3-7-11(10)12-8-4-5-9-13-12/h2-9H,1H3/i1D. The third-order valence-corrected chi connectivity index (χ3v) is 1.96. The van der Waals surface area contributed by atoms with Crippen molar-refractivity contribution in [1.29, 1.82) is 0 Å². The van der Waals surface area contributed by atoms with Crippen LogP contribution in [0.2, 0.25) is 0 Å². The van der Waals surface area contributed by atoms with E-state index >= 15 is 0 Å². The van der Waals surface area contributed by atoms with Gasteiger partial charge in [0.15, 0.2) is 0 Å². The lowest BCUT2D eigenvalue weighted by Crippen LogP contribution is -1.84. The molecule has 0 spiro atoms. The largest absolute Gasteiger partial charge is 0.256 e. The average molecular weight is 170 g/mol. The summed E-state index contributed by atoms with van der Waals surface area (Å²) in [6.07, 6.45) is 1.77. The molecule has 2 aromatic rings. The van der Waals surface area contributed by atoms with Crippen LogP contribution in [0.3, 0.4) is 0 Å². The summed E-state index contributed by atoms with van der Waals surface area (Å²) in [6, 6.07) is 13.7. The summed E-state index contributed by atoms with van der Waals surface area (Å²) >= 11 is 0. The van der Waals surface area contributed by atoms with Crippen molar-refractivity contribution in [2.24, 2.45) is 0 Å². The van der Waals surface area contributed by atoms with Crippen molar-refractivity contribution in [1.82, 2.24) is 4.98 Å². The minimum atomic E-state index is 0.298. The molecule has 0 bridgehead atoms. The fourth-order valence-corrected chi connectivity index (χ4v) is 1.29. The van der Waals surface area contributed by atoms with Gasteiger partial charge in [0.1, 0.15) is 0 Å². The van der Waals surface area contributed by atoms with Crippen molar-refractivity contribution < 1.29 is 1.37 Å². The Bertz CT molecular complexity index is 412. The normalized spacial score (nSPS) is 10.9. The third-order valence-electron chi connectivity index (χ3n) is 1.96. The maximum atomic E-state index is 7.41. The molecular weight excluding hydrogens is 158 g/mol. The Labute approximate surface area is 79.5 Å². The van der Waals surface area contributed by atoms with Gasteiger partial charge in [0, 0.05) is 13.1 Å². The fraction of sp³-hybridized carbons (Fsp3) is 0.0833. The second-order valence-corrected chi connectivity index (χ2v) is 2.87. The molecule has 2 rings (SSSR count). The van der Waals surface area contributed by atoms with Gasteiger partial charge in [-0.2, -0.15) is 0 Å². The molecule has 0 aliphatic carbocycles. The quantitative estimate of drug-likeness (QED) is 0.641. The first-order valence-corrected chi connectivity index (χ1v) is 4.20. The molecule has 0 N–H and O–H groups in total. The Kier molecular flexibility index (Phi) is 1.79. The number of aryl methyl sites for hydroxylation is 1. The molecule has 1 aromatic carbocycles. The number of nitrogens with zero attached hydrogens (tertiary/aromatic N) is 1. The lowest BCUT2D eigenvalue weighted by molar-refractivity contribution is 1.31. The zero-order valence-electron chi connectivity index (χ0n) is 8.27. The summed E-state index contributed by atoms with van der Waals surface area (Å²) in [4.78, 5) is 4.27. The SMILES string of the molecule is [2H]Cc1ccccc1-c1ccccn1. The first kappa shape index (κ1) is 6.84. The van der Waals surface area contributed by atoms with Gasteiger partial charge in [-0.3, -0.25) is 4.98 Å². The van der Waals surface area contributed by atoms with Crippen LogP contribution in [0.4, 0.5) is 0 Å². The Morgan fingerprint density at radius 2 is 1.92 bits per heavy atom. The van der Waals surface area contributed by atoms with E-state index in [1.807, 2.05) is 42.5 Å². The molecular formula is C12H11N. The highest BCUT2D eigenvalue weighted by molar-refractivity contribution is 5.62. The summed E-state index contributed by atoms with van der Waals surface area (Å²) in [5.74, 6) is 0. The van der Waals surface area contributed by atoms with Gasteiger partial charge in [-0.25, -0.2) is 0 Å². The lowest BCUT2D eigenvalue weighted by atomic mass is 10.1. The second-order valence-electron chi connectivity index (χ2n) is 2.87. The van der Waals surface area contributed by atoms with Crippen LogP contribution in [-0.2, 0) is 0 Å². The van der Waals surface area contributed by atoms with E-state index in [1.165, 1.54) is 0 Å². The third kappa shape index (κ3) is 1.59. The molecule has 1 heterocycles. The van der Waals surface area contributed by atoms with Crippen LogP contribution in [0.5, 0.6) is 0 Å². The fourth-order valence-electron chi connectivity index (χ4n) is 1.29. The molecule has 64 valence electrons. The van der Waals surface area contributed by atoms with Gasteiger partial charge in [-0.15, -0.1) is 0 Å². The van der Waals surface area contributed by atoms with Crippen molar-refractivity contribution in [3.63, 3.8) is 0 Å². The van der Waals surface area contributed by atoms with Crippen LogP contribution < -0.4 is 0 Å². The first-order chi connectivity index (χ1) is 6.92. The summed E-state index contributed by atoms with van der Waals surface area (Å²) in [5, 5.41) is 0. The van der Waals surface area contributed by atoms with Gasteiger partial charge >= 0.3 is 0 Å². The summed E-state index contributed by atoms with van der Waals surface area (Å²) in [7, 11) is 0. The Hall–Kier alpha value is -1.63. The highest BCUT2D eigenvalue weighted by atomic mass is 14.7. The lowest BCUT2D eigenvalue weighted by Gasteiger charge is -2.03. The van der Waals surface area contributed by atoms with Crippen molar-refractivity contribution in [3.05, 3.63) is 54.2 Å². The molecule has 0 unspecified atom stereocenters. The summed E-state index contributed by atoms with van der Waals surface area (Å²) in [5.41, 5.74) is 3.02. The van der Waals surface area contributed by atoms with Gasteiger partial charge < -0.3 is 0 Å². The molecule has 0 saturated carbocycles. The van der Waals surface area contributed by atoms with Crippen LogP contribution in [0.25, 0.3) is 11.3 Å². The van der Waals surface area contributed by atoms with Crippen LogP contribution in [0.15, 0.2) is 48.7 Å². The molecule has 0 aliphatic heterocycles. The molecule has 0 radical (unpaired) electrons. The monoisotopic (exact) mass is 170 g/mol. The van der Waals surface area contributed by atoms with Crippen LogP contribution >= 0.6 is 0 Å². The van der Waals surface area contributed by atoms with E-state index < -0.39 is 0 Å². The highest BCUT2D eigenvalue weighted by Crippen LogP contribution is 2.19. The molecule has 1 aromatic heterocycles. The molecule has 0 aliphatic rings. The zero-order chi connectivity index (χ0) is 9.80. The van der Waals surface area contributed by atoms with Gasteiger partial charge in [-0.1, -0.05) is 30.3 Å². The Balaban J connectivity index is 2.51. The minimum Gasteiger partial charge on any atom is -0.256 e. The Morgan fingerprint density at radius 3 is 2.69 bits per heavy atom. The molecule has 0 fully saturated rings. The zero-order valence-corrected chi connectivity index (χ0v) is 7.27. The maximum Gasteiger partial charge on any atom is 0.0704 e. The molecule has 0 amide bonds. The van der Waals surface area contributed by atoms with Crippen molar-refractivity contribution in [2.45, 2.75) is 6.90 Å². The second kappa shape index (κ2) is 3.40. The number of hydrogen-bond donors (Lipinski definition) is 0. The van der Waals surface area contributed by atoms with Gasteiger partial charge in [0.25, 0.3) is 0 Å². The smallest absolute Gasteiger partial charge is 0.0704 e. The van der Waals surface area contributed by atoms with Crippen molar-refractivity contribution in [3.8, 4) is 11.3 Å². The predicted molar refractivity (Wildman–Crippen MR) is 54.4 cm³/mol. The minimum absolute atomic E-state index is 0.298. The highest BCUT2D eigenvalue weighted by Gasteiger charge is 1.99. The van der Waals surface area contributed by atoms with E-state index in [2.05, 4.69) is 4.98 Å². The van der Waals surface area contributed by atoms with Gasteiger partial charge in [-0.05, 0) is 24.6 Å². The first-order valence-electron chi connectivity index (χ1n) is 4.91. The number of benzene rings is 1. The summed E-state index contributed by atoms with van der Waals surface area (Å²) in [6.45, 7) is 0.298. The molecule has 0 saturated heterocycles. The molecule has 1 nitrogen and oxygen atoms in total. The van der Waals surface area contributed by atoms with E-state index in [0.717, 1.165) is 16.8 Å². The van der Waals surface area contributed by atoms with Gasteiger partial charge in [0.05, 0.1) is 5.69 Å². The number of aromatic nitrogens is 1. The van der Waals surface area contributed by atoms with E-state index in [4.69, 9.17) is 1.37 Å². The number of rotatable bonds is 1. The van der Waals surface area contributed by atoms with Crippen molar-refractivity contribution in [2.75, 3.05) is 0 Å². The van der Waals surface area contributed by atoms with Crippen LogP contribution in [0.1, 0.15) is 6.93 Å². The van der Waals surface area contributed by atoms with E-state index in [0.29, 0.717) is 6.90 Å². The maximum absolute atomic E-state index is 7.41. The van der Waals surface area contributed by atoms with E-state index in [1.54, 1.807) is 6.20 Å². The Morgan fingerprint density at radius 1 is 1.08 bits per heavy atom. The van der Waals surface area contributed by atoms with Crippen molar-refractivity contribution >= 4 is 0 Å². The van der Waals surface area contributed by atoms with E-state index in [9.17, 15) is 0 Å². The van der Waals surface area contributed by atoms with Gasteiger partial charge in [0.2, 0.25) is 0 Å². The van der Waals surface area contributed by atoms with E-state index in [-0.39, 0.29) is 0 Å². The number of hydrogen-bond acceptors (Lipinski definition) is 1. The topological polar surface area (TPSA) is 12.9 Å². The summed E-state index contributed by atoms with van der Waals surface area (Å²) < 4.78 is 7.41.